The predicted octanol–water partition coefficient (Wildman–Crippen LogP) is 1.28. The van der Waals surface area contributed by atoms with Gasteiger partial charge in [0.25, 0.3) is 0 Å². The molecular formula is C15H19N5O3. The van der Waals surface area contributed by atoms with Crippen molar-refractivity contribution in [2.75, 3.05) is 31.3 Å². The van der Waals surface area contributed by atoms with E-state index in [9.17, 15) is 4.79 Å². The third-order valence-electron chi connectivity index (χ3n) is 2.82. The van der Waals surface area contributed by atoms with Crippen LogP contribution in [0.3, 0.4) is 0 Å². The number of nitrogens with two attached hydrogens (primary N) is 1. The second kappa shape index (κ2) is 7.39. The van der Waals surface area contributed by atoms with Crippen LogP contribution in [-0.2, 0) is 11.3 Å². The summed E-state index contributed by atoms with van der Waals surface area (Å²) in [6, 6.07) is 6.65. The molecule has 8 nitrogen and oxygen atoms in total. The van der Waals surface area contributed by atoms with Gasteiger partial charge in [-0.2, -0.15) is 15.0 Å². The minimum atomic E-state index is -0.361. The van der Waals surface area contributed by atoms with Crippen molar-refractivity contribution in [3.8, 4) is 5.75 Å². The van der Waals surface area contributed by atoms with Gasteiger partial charge in [0.15, 0.2) is 5.82 Å². The molecule has 23 heavy (non-hydrogen) atoms. The molecule has 0 spiro atoms. The van der Waals surface area contributed by atoms with Crippen molar-refractivity contribution in [2.45, 2.75) is 13.5 Å². The van der Waals surface area contributed by atoms with E-state index in [2.05, 4.69) is 15.0 Å². The van der Waals surface area contributed by atoms with E-state index in [1.165, 1.54) is 0 Å². The summed E-state index contributed by atoms with van der Waals surface area (Å²) in [5.41, 5.74) is 6.12. The number of rotatable bonds is 6. The second-order valence-electron chi connectivity index (χ2n) is 4.84. The Labute approximate surface area is 134 Å². The Balaban J connectivity index is 2.02. The van der Waals surface area contributed by atoms with Gasteiger partial charge in [-0.3, -0.25) is 0 Å². The molecule has 0 radical (unpaired) electrons. The smallest absolute Gasteiger partial charge is 0.338 e. The Hall–Kier alpha value is -2.90. The summed E-state index contributed by atoms with van der Waals surface area (Å²) in [5.74, 6) is 1.26. The van der Waals surface area contributed by atoms with E-state index in [-0.39, 0.29) is 18.5 Å². The van der Waals surface area contributed by atoms with Gasteiger partial charge in [-0.05, 0) is 31.2 Å². The van der Waals surface area contributed by atoms with Crippen molar-refractivity contribution in [1.82, 2.24) is 15.0 Å². The molecule has 1 heterocycles. The normalized spacial score (nSPS) is 10.2. The molecule has 122 valence electrons. The number of aromatic nitrogens is 3. The topological polar surface area (TPSA) is 103 Å². The summed E-state index contributed by atoms with van der Waals surface area (Å²) in [5, 5.41) is 0. The van der Waals surface area contributed by atoms with E-state index in [4.69, 9.17) is 15.2 Å². The summed E-state index contributed by atoms with van der Waals surface area (Å²) in [6.45, 7) is 2.25. The lowest BCUT2D eigenvalue weighted by atomic mass is 10.2. The Kier molecular flexibility index (Phi) is 5.29. The highest BCUT2D eigenvalue weighted by molar-refractivity contribution is 5.89. The fraction of sp³-hybridized carbons (Fsp3) is 0.333. The molecule has 0 fully saturated rings. The van der Waals surface area contributed by atoms with Crippen LogP contribution in [0.4, 0.5) is 11.9 Å². The number of ether oxygens (including phenoxy) is 2. The van der Waals surface area contributed by atoms with Crippen molar-refractivity contribution in [3.63, 3.8) is 0 Å². The van der Waals surface area contributed by atoms with Crippen LogP contribution in [0.5, 0.6) is 5.75 Å². The van der Waals surface area contributed by atoms with Gasteiger partial charge >= 0.3 is 5.97 Å². The summed E-state index contributed by atoms with van der Waals surface area (Å²) in [7, 11) is 3.63. The number of carbonyl (C=O) groups excluding carboxylic acids is 1. The Morgan fingerprint density at radius 3 is 2.48 bits per heavy atom. The molecule has 0 amide bonds. The largest absolute Gasteiger partial charge is 0.486 e. The number of anilines is 2. The van der Waals surface area contributed by atoms with Gasteiger partial charge < -0.3 is 20.1 Å². The monoisotopic (exact) mass is 317 g/mol. The molecule has 0 atom stereocenters. The minimum absolute atomic E-state index is 0.139. The average Bonchev–Trinajstić information content (AvgIpc) is 2.53. The van der Waals surface area contributed by atoms with Crippen LogP contribution in [0.1, 0.15) is 23.1 Å². The predicted molar refractivity (Wildman–Crippen MR) is 85.3 cm³/mol. The molecular weight excluding hydrogens is 298 g/mol. The Morgan fingerprint density at radius 1 is 1.17 bits per heavy atom. The third-order valence-corrected chi connectivity index (χ3v) is 2.82. The number of nitrogen functional groups attached to an aromatic ring is 1. The lowest BCUT2D eigenvalue weighted by Gasteiger charge is -2.12. The van der Waals surface area contributed by atoms with Crippen molar-refractivity contribution >= 4 is 17.9 Å². The standard InChI is InChI=1S/C15H19N5O3/c1-4-22-13(21)10-5-7-11(8-6-10)23-9-12-17-14(16)19-15(18-12)20(2)3/h5-8H,4,9H2,1-3H3,(H2,16,17,18,19). The lowest BCUT2D eigenvalue weighted by molar-refractivity contribution is 0.0526. The van der Waals surface area contributed by atoms with Gasteiger partial charge in [0, 0.05) is 14.1 Å². The number of nitrogens with zero attached hydrogens (tertiary/aromatic N) is 4. The van der Waals surface area contributed by atoms with Crippen molar-refractivity contribution in [2.24, 2.45) is 0 Å². The fourth-order valence-corrected chi connectivity index (χ4v) is 1.74. The summed E-state index contributed by atoms with van der Waals surface area (Å²) in [6.07, 6.45) is 0. The Morgan fingerprint density at radius 2 is 1.87 bits per heavy atom. The van der Waals surface area contributed by atoms with Gasteiger partial charge in [-0.1, -0.05) is 0 Å². The summed E-state index contributed by atoms with van der Waals surface area (Å²) in [4.78, 5) is 25.6. The molecule has 1 aromatic heterocycles. The molecule has 8 heteroatoms. The zero-order chi connectivity index (χ0) is 16.8. The average molecular weight is 317 g/mol. The van der Waals surface area contributed by atoms with Crippen LogP contribution in [0.25, 0.3) is 0 Å². The second-order valence-corrected chi connectivity index (χ2v) is 4.84. The Bertz CT molecular complexity index is 673. The van der Waals surface area contributed by atoms with E-state index in [1.54, 1.807) is 36.1 Å². The van der Waals surface area contributed by atoms with Gasteiger partial charge in [-0.25, -0.2) is 4.79 Å². The number of hydrogen-bond donors (Lipinski definition) is 1. The molecule has 0 saturated heterocycles. The lowest BCUT2D eigenvalue weighted by Crippen LogP contribution is -2.16. The molecule has 0 aliphatic heterocycles. The van der Waals surface area contributed by atoms with Crippen LogP contribution >= 0.6 is 0 Å². The molecule has 0 unspecified atom stereocenters. The summed E-state index contributed by atoms with van der Waals surface area (Å²) < 4.78 is 10.5. The molecule has 1 aromatic carbocycles. The first-order valence-corrected chi connectivity index (χ1v) is 7.07. The van der Waals surface area contributed by atoms with Crippen LogP contribution in [-0.4, -0.2) is 41.6 Å². The van der Waals surface area contributed by atoms with E-state index < -0.39 is 0 Å². The van der Waals surface area contributed by atoms with Gasteiger partial charge in [0.05, 0.1) is 12.2 Å². The highest BCUT2D eigenvalue weighted by Gasteiger charge is 2.08. The molecule has 0 aliphatic carbocycles. The van der Waals surface area contributed by atoms with E-state index in [0.717, 1.165) is 0 Å². The van der Waals surface area contributed by atoms with Gasteiger partial charge in [0.2, 0.25) is 11.9 Å². The number of esters is 1. The zero-order valence-electron chi connectivity index (χ0n) is 13.3. The van der Waals surface area contributed by atoms with Crippen molar-refractivity contribution in [1.29, 1.82) is 0 Å². The number of benzene rings is 1. The first-order chi connectivity index (χ1) is 11.0. The summed E-state index contributed by atoms with van der Waals surface area (Å²) >= 11 is 0. The number of carbonyl (C=O) groups is 1. The van der Waals surface area contributed by atoms with E-state index in [0.29, 0.717) is 29.7 Å². The maximum atomic E-state index is 11.6. The molecule has 2 N–H and O–H groups in total. The highest BCUT2D eigenvalue weighted by atomic mass is 16.5. The zero-order valence-corrected chi connectivity index (χ0v) is 13.3. The van der Waals surface area contributed by atoms with Crippen molar-refractivity contribution < 1.29 is 14.3 Å². The van der Waals surface area contributed by atoms with E-state index in [1.807, 2.05) is 14.1 Å². The van der Waals surface area contributed by atoms with Gasteiger partial charge in [0.1, 0.15) is 12.4 Å². The van der Waals surface area contributed by atoms with Gasteiger partial charge in [-0.15, -0.1) is 0 Å². The molecule has 0 aliphatic rings. The molecule has 2 aromatic rings. The van der Waals surface area contributed by atoms with Crippen molar-refractivity contribution in [3.05, 3.63) is 35.7 Å². The van der Waals surface area contributed by atoms with E-state index >= 15 is 0 Å². The fourth-order valence-electron chi connectivity index (χ4n) is 1.74. The molecule has 0 saturated carbocycles. The molecule has 0 bridgehead atoms. The van der Waals surface area contributed by atoms with Crippen LogP contribution in [0.2, 0.25) is 0 Å². The first-order valence-electron chi connectivity index (χ1n) is 7.07. The quantitative estimate of drug-likeness (QED) is 0.795. The first kappa shape index (κ1) is 16.5. The highest BCUT2D eigenvalue weighted by Crippen LogP contribution is 2.15. The molecule has 2 rings (SSSR count). The SMILES string of the molecule is CCOC(=O)c1ccc(OCc2nc(N)nc(N(C)C)n2)cc1. The van der Waals surface area contributed by atoms with Crippen LogP contribution in [0.15, 0.2) is 24.3 Å². The van der Waals surface area contributed by atoms with Crippen LogP contribution in [0, 0.1) is 0 Å². The third kappa shape index (κ3) is 4.53. The van der Waals surface area contributed by atoms with Crippen LogP contribution < -0.4 is 15.4 Å². The number of hydrogen-bond acceptors (Lipinski definition) is 8. The maximum Gasteiger partial charge on any atom is 0.338 e. The maximum absolute atomic E-state index is 11.6. The minimum Gasteiger partial charge on any atom is -0.486 e.